The molecule has 3 saturated heterocycles. The summed E-state index contributed by atoms with van der Waals surface area (Å²) in [6, 6.07) is -0.663. The second-order valence-corrected chi connectivity index (χ2v) is 8.20. The second kappa shape index (κ2) is 5.02. The minimum atomic E-state index is -3.07. The summed E-state index contributed by atoms with van der Waals surface area (Å²) in [5, 5.41) is 0. The zero-order valence-electron chi connectivity index (χ0n) is 11.5. The summed E-state index contributed by atoms with van der Waals surface area (Å²) < 4.78 is 23.5. The van der Waals surface area contributed by atoms with Gasteiger partial charge in [0.1, 0.15) is 12.6 Å². The number of carbonyl (C=O) groups is 2. The highest BCUT2D eigenvalue weighted by molar-refractivity contribution is 7.91. The summed E-state index contributed by atoms with van der Waals surface area (Å²) in [5.41, 5.74) is 0. The van der Waals surface area contributed by atoms with Crippen LogP contribution in [-0.4, -0.2) is 66.7 Å². The fourth-order valence-corrected chi connectivity index (χ4v) is 5.25. The number of rotatable bonds is 1. The van der Waals surface area contributed by atoms with E-state index in [1.807, 2.05) is 0 Å². The monoisotopic (exact) mass is 300 g/mol. The Morgan fingerprint density at radius 2 is 1.80 bits per heavy atom. The zero-order chi connectivity index (χ0) is 14.3. The van der Waals surface area contributed by atoms with Gasteiger partial charge in [0.2, 0.25) is 11.8 Å². The first-order valence-corrected chi connectivity index (χ1v) is 9.10. The molecule has 2 atom stereocenters. The van der Waals surface area contributed by atoms with Gasteiger partial charge in [-0.15, -0.1) is 0 Å². The van der Waals surface area contributed by atoms with Crippen molar-refractivity contribution in [2.45, 2.75) is 44.2 Å². The van der Waals surface area contributed by atoms with E-state index in [1.165, 1.54) is 4.90 Å². The highest BCUT2D eigenvalue weighted by atomic mass is 32.2. The van der Waals surface area contributed by atoms with Gasteiger partial charge < -0.3 is 9.80 Å². The molecule has 7 heteroatoms. The van der Waals surface area contributed by atoms with Gasteiger partial charge in [-0.3, -0.25) is 9.59 Å². The molecule has 0 bridgehead atoms. The van der Waals surface area contributed by atoms with Gasteiger partial charge in [0.15, 0.2) is 9.84 Å². The first kappa shape index (κ1) is 13.9. The van der Waals surface area contributed by atoms with Crippen molar-refractivity contribution in [3.05, 3.63) is 0 Å². The third kappa shape index (κ3) is 2.43. The first-order valence-electron chi connectivity index (χ1n) is 7.28. The fourth-order valence-electron chi connectivity index (χ4n) is 3.55. The largest absolute Gasteiger partial charge is 0.329 e. The lowest BCUT2D eigenvalue weighted by Gasteiger charge is -2.45. The maximum Gasteiger partial charge on any atom is 0.246 e. The van der Waals surface area contributed by atoms with Gasteiger partial charge in [-0.05, 0) is 32.1 Å². The van der Waals surface area contributed by atoms with Crippen molar-refractivity contribution in [1.29, 1.82) is 0 Å². The van der Waals surface area contributed by atoms with Crippen LogP contribution in [0.5, 0.6) is 0 Å². The molecule has 2 unspecified atom stereocenters. The van der Waals surface area contributed by atoms with E-state index in [9.17, 15) is 18.0 Å². The Morgan fingerprint density at radius 3 is 2.55 bits per heavy atom. The van der Waals surface area contributed by atoms with Crippen LogP contribution in [0.25, 0.3) is 0 Å². The molecule has 3 aliphatic heterocycles. The molecule has 2 amide bonds. The minimum absolute atomic E-state index is 0.0126. The number of hydrogen-bond acceptors (Lipinski definition) is 4. The van der Waals surface area contributed by atoms with Crippen LogP contribution in [-0.2, 0) is 19.4 Å². The molecule has 3 rings (SSSR count). The van der Waals surface area contributed by atoms with Crippen molar-refractivity contribution >= 4 is 21.7 Å². The van der Waals surface area contributed by atoms with Crippen LogP contribution < -0.4 is 0 Å². The Kier molecular flexibility index (Phi) is 3.48. The average Bonchev–Trinajstić information content (AvgIpc) is 2.42. The third-order valence-electron chi connectivity index (χ3n) is 4.58. The van der Waals surface area contributed by atoms with Crippen LogP contribution in [0.1, 0.15) is 32.1 Å². The highest BCUT2D eigenvalue weighted by Crippen LogP contribution is 2.27. The van der Waals surface area contributed by atoms with E-state index in [1.54, 1.807) is 4.90 Å². The van der Waals surface area contributed by atoms with Crippen LogP contribution in [0.3, 0.4) is 0 Å². The summed E-state index contributed by atoms with van der Waals surface area (Å²) >= 11 is 0. The number of fused-ring (bicyclic) bond motifs is 1. The van der Waals surface area contributed by atoms with Crippen molar-refractivity contribution in [2.24, 2.45) is 0 Å². The molecular weight excluding hydrogens is 280 g/mol. The number of nitrogens with zero attached hydrogens (tertiary/aromatic N) is 2. The molecular formula is C13H20N2O4S. The van der Waals surface area contributed by atoms with E-state index in [-0.39, 0.29) is 41.9 Å². The molecule has 0 aromatic heterocycles. The van der Waals surface area contributed by atoms with E-state index >= 15 is 0 Å². The van der Waals surface area contributed by atoms with Crippen molar-refractivity contribution in [1.82, 2.24) is 9.80 Å². The average molecular weight is 300 g/mol. The summed E-state index contributed by atoms with van der Waals surface area (Å²) in [5.74, 6) is 0.136. The molecule has 6 nitrogen and oxygen atoms in total. The molecule has 0 spiro atoms. The number of amides is 2. The van der Waals surface area contributed by atoms with Gasteiger partial charge in [-0.2, -0.15) is 0 Å². The molecule has 0 saturated carbocycles. The zero-order valence-corrected chi connectivity index (χ0v) is 12.3. The van der Waals surface area contributed by atoms with Crippen LogP contribution in [0.4, 0.5) is 0 Å². The summed E-state index contributed by atoms with van der Waals surface area (Å²) in [7, 11) is -3.07. The SMILES string of the molecule is O=C1C2CCCCN2C(=O)CN1C1CCCS(=O)(=O)C1. The summed E-state index contributed by atoms with van der Waals surface area (Å²) in [4.78, 5) is 27.9. The maximum atomic E-state index is 12.6. The van der Waals surface area contributed by atoms with Gasteiger partial charge in [0.25, 0.3) is 0 Å². The predicted octanol–water partition coefficient (Wildman–Crippen LogP) is -0.213. The second-order valence-electron chi connectivity index (χ2n) is 5.98. The Labute approximate surface area is 119 Å². The van der Waals surface area contributed by atoms with Crippen molar-refractivity contribution in [2.75, 3.05) is 24.6 Å². The van der Waals surface area contributed by atoms with Gasteiger partial charge >= 0.3 is 0 Å². The molecule has 0 aliphatic carbocycles. The van der Waals surface area contributed by atoms with E-state index in [0.717, 1.165) is 12.8 Å². The number of sulfone groups is 1. The predicted molar refractivity (Wildman–Crippen MR) is 72.7 cm³/mol. The van der Waals surface area contributed by atoms with Gasteiger partial charge in [-0.25, -0.2) is 8.42 Å². The van der Waals surface area contributed by atoms with Gasteiger partial charge in [0.05, 0.1) is 11.5 Å². The van der Waals surface area contributed by atoms with Gasteiger partial charge in [-0.1, -0.05) is 0 Å². The molecule has 112 valence electrons. The van der Waals surface area contributed by atoms with Crippen LogP contribution >= 0.6 is 0 Å². The topological polar surface area (TPSA) is 74.8 Å². The molecule has 20 heavy (non-hydrogen) atoms. The van der Waals surface area contributed by atoms with E-state index in [0.29, 0.717) is 25.8 Å². The lowest BCUT2D eigenvalue weighted by Crippen LogP contribution is -2.64. The fraction of sp³-hybridized carbons (Fsp3) is 0.846. The Balaban J connectivity index is 1.80. The molecule has 3 fully saturated rings. The van der Waals surface area contributed by atoms with E-state index in [2.05, 4.69) is 0 Å². The van der Waals surface area contributed by atoms with E-state index in [4.69, 9.17) is 0 Å². The number of carbonyl (C=O) groups excluding carboxylic acids is 2. The summed E-state index contributed by atoms with van der Waals surface area (Å²) in [6.07, 6.45) is 3.88. The normalized spacial score (nSPS) is 34.0. The highest BCUT2D eigenvalue weighted by Gasteiger charge is 2.44. The van der Waals surface area contributed by atoms with Gasteiger partial charge in [0, 0.05) is 12.6 Å². The van der Waals surface area contributed by atoms with Crippen LogP contribution in [0.15, 0.2) is 0 Å². The lowest BCUT2D eigenvalue weighted by atomic mass is 9.97. The molecule has 0 aromatic rings. The maximum absolute atomic E-state index is 12.6. The van der Waals surface area contributed by atoms with Crippen molar-refractivity contribution < 1.29 is 18.0 Å². The number of hydrogen-bond donors (Lipinski definition) is 0. The molecule has 3 aliphatic rings. The Hall–Kier alpha value is -1.11. The Morgan fingerprint density at radius 1 is 1.00 bits per heavy atom. The minimum Gasteiger partial charge on any atom is -0.329 e. The quantitative estimate of drug-likeness (QED) is 0.671. The lowest BCUT2D eigenvalue weighted by molar-refractivity contribution is -0.159. The van der Waals surface area contributed by atoms with E-state index < -0.39 is 9.84 Å². The van der Waals surface area contributed by atoms with Crippen molar-refractivity contribution in [3.63, 3.8) is 0 Å². The third-order valence-corrected chi connectivity index (χ3v) is 6.38. The molecule has 0 radical (unpaired) electrons. The smallest absolute Gasteiger partial charge is 0.246 e. The number of piperidine rings is 1. The standard InChI is InChI=1S/C13H20N2O4S/c16-12-8-15(10-4-3-7-20(18,19)9-10)13(17)11-5-1-2-6-14(11)12/h10-11H,1-9H2. The molecule has 0 aromatic carbocycles. The summed E-state index contributed by atoms with van der Waals surface area (Å²) in [6.45, 7) is 0.710. The molecule has 0 N–H and O–H groups in total. The molecule has 3 heterocycles. The van der Waals surface area contributed by atoms with Crippen molar-refractivity contribution in [3.8, 4) is 0 Å². The van der Waals surface area contributed by atoms with Crippen LogP contribution in [0, 0.1) is 0 Å². The Bertz CT molecular complexity index is 530. The first-order chi connectivity index (χ1) is 9.48. The van der Waals surface area contributed by atoms with Crippen LogP contribution in [0.2, 0.25) is 0 Å². The number of piperazine rings is 1.